The third-order valence-corrected chi connectivity index (χ3v) is 2.42. The first-order valence-corrected chi connectivity index (χ1v) is 5.82. The average Bonchev–Trinajstić information content (AvgIpc) is 2.48. The van der Waals surface area contributed by atoms with Crippen molar-refractivity contribution in [2.45, 2.75) is 46.3 Å². The van der Waals surface area contributed by atoms with Crippen LogP contribution in [0, 0.1) is 12.8 Å². The molecule has 1 unspecified atom stereocenters. The van der Waals surface area contributed by atoms with E-state index in [4.69, 9.17) is 0 Å². The van der Waals surface area contributed by atoms with Crippen LogP contribution in [-0.2, 0) is 6.54 Å². The lowest BCUT2D eigenvalue weighted by atomic mass is 9.94. The molecule has 16 heavy (non-hydrogen) atoms. The number of hydrogen-bond acceptors (Lipinski definition) is 3. The van der Waals surface area contributed by atoms with E-state index in [1.807, 2.05) is 20.0 Å². The summed E-state index contributed by atoms with van der Waals surface area (Å²) in [6.45, 7) is 9.36. The summed E-state index contributed by atoms with van der Waals surface area (Å²) in [5, 5.41) is 13.3. The van der Waals surface area contributed by atoms with Crippen molar-refractivity contribution < 1.29 is 5.11 Å². The predicted octanol–water partition coefficient (Wildman–Crippen LogP) is 1.60. The third kappa shape index (κ3) is 4.77. The van der Waals surface area contributed by atoms with Crippen molar-refractivity contribution in [3.63, 3.8) is 0 Å². The SMILES string of the molecule is Cc1ncc(CNCC(C)(O)CC(C)C)[nH]1. The number of aromatic amines is 1. The molecule has 0 aliphatic heterocycles. The van der Waals surface area contributed by atoms with Gasteiger partial charge >= 0.3 is 0 Å². The number of aryl methyl sites for hydroxylation is 1. The van der Waals surface area contributed by atoms with Crippen molar-refractivity contribution in [1.82, 2.24) is 15.3 Å². The quantitative estimate of drug-likeness (QED) is 0.689. The lowest BCUT2D eigenvalue weighted by Crippen LogP contribution is -2.38. The molecule has 0 spiro atoms. The molecule has 4 nitrogen and oxygen atoms in total. The molecule has 92 valence electrons. The van der Waals surface area contributed by atoms with E-state index >= 15 is 0 Å². The molecular formula is C12H23N3O. The minimum atomic E-state index is -0.636. The van der Waals surface area contributed by atoms with Crippen LogP contribution >= 0.6 is 0 Å². The Balaban J connectivity index is 2.29. The summed E-state index contributed by atoms with van der Waals surface area (Å²) < 4.78 is 0. The lowest BCUT2D eigenvalue weighted by molar-refractivity contribution is 0.0383. The maximum absolute atomic E-state index is 10.1. The molecule has 1 aromatic rings. The fourth-order valence-corrected chi connectivity index (χ4v) is 1.98. The van der Waals surface area contributed by atoms with Crippen LogP contribution in [0.4, 0.5) is 0 Å². The van der Waals surface area contributed by atoms with Gasteiger partial charge in [-0.15, -0.1) is 0 Å². The second-order valence-corrected chi connectivity index (χ2v) is 5.19. The standard InChI is InChI=1S/C12H23N3O/c1-9(2)5-12(4,16)8-13-6-11-7-14-10(3)15-11/h7,9,13,16H,5-6,8H2,1-4H3,(H,14,15). The number of nitrogens with one attached hydrogen (secondary N) is 2. The maximum Gasteiger partial charge on any atom is 0.103 e. The Hall–Kier alpha value is -0.870. The molecule has 3 N–H and O–H groups in total. The van der Waals surface area contributed by atoms with Crippen molar-refractivity contribution in [3.05, 3.63) is 17.7 Å². The van der Waals surface area contributed by atoms with E-state index in [1.54, 1.807) is 0 Å². The van der Waals surface area contributed by atoms with Gasteiger partial charge in [-0.3, -0.25) is 0 Å². The Bertz CT molecular complexity index is 318. The summed E-state index contributed by atoms with van der Waals surface area (Å²) in [4.78, 5) is 7.27. The van der Waals surface area contributed by atoms with Gasteiger partial charge in [0.1, 0.15) is 5.82 Å². The molecule has 1 aromatic heterocycles. The Labute approximate surface area is 97.5 Å². The van der Waals surface area contributed by atoms with Crippen LogP contribution in [0.5, 0.6) is 0 Å². The van der Waals surface area contributed by atoms with Crippen molar-refractivity contribution in [2.24, 2.45) is 5.92 Å². The van der Waals surface area contributed by atoms with Gasteiger partial charge in [-0.05, 0) is 26.2 Å². The molecular weight excluding hydrogens is 202 g/mol. The topological polar surface area (TPSA) is 60.9 Å². The smallest absolute Gasteiger partial charge is 0.103 e. The molecule has 0 radical (unpaired) electrons. The monoisotopic (exact) mass is 225 g/mol. The number of nitrogens with zero attached hydrogens (tertiary/aromatic N) is 1. The van der Waals surface area contributed by atoms with Crippen molar-refractivity contribution >= 4 is 0 Å². The van der Waals surface area contributed by atoms with Gasteiger partial charge in [0.2, 0.25) is 0 Å². The van der Waals surface area contributed by atoms with Crippen molar-refractivity contribution in [1.29, 1.82) is 0 Å². The average molecular weight is 225 g/mol. The molecule has 0 bridgehead atoms. The van der Waals surface area contributed by atoms with Crippen LogP contribution in [0.3, 0.4) is 0 Å². The van der Waals surface area contributed by atoms with E-state index in [9.17, 15) is 5.11 Å². The van der Waals surface area contributed by atoms with Crippen LogP contribution in [0.2, 0.25) is 0 Å². The van der Waals surface area contributed by atoms with Gasteiger partial charge in [0.05, 0.1) is 5.60 Å². The first-order chi connectivity index (χ1) is 7.39. The van der Waals surface area contributed by atoms with E-state index in [-0.39, 0.29) is 0 Å². The number of rotatable bonds is 6. The molecule has 4 heteroatoms. The molecule has 0 aromatic carbocycles. The molecule has 1 heterocycles. The van der Waals surface area contributed by atoms with E-state index in [0.29, 0.717) is 12.5 Å². The second-order valence-electron chi connectivity index (χ2n) is 5.19. The van der Waals surface area contributed by atoms with Gasteiger partial charge in [0.25, 0.3) is 0 Å². The fraction of sp³-hybridized carbons (Fsp3) is 0.750. The molecule has 1 rings (SSSR count). The number of hydrogen-bond donors (Lipinski definition) is 3. The number of aliphatic hydroxyl groups is 1. The van der Waals surface area contributed by atoms with E-state index in [0.717, 1.165) is 24.5 Å². The summed E-state index contributed by atoms with van der Waals surface area (Å²) in [5.74, 6) is 1.43. The predicted molar refractivity (Wildman–Crippen MR) is 65.1 cm³/mol. The molecule has 0 saturated heterocycles. The van der Waals surface area contributed by atoms with Gasteiger partial charge in [0.15, 0.2) is 0 Å². The van der Waals surface area contributed by atoms with E-state index in [1.165, 1.54) is 0 Å². The Kier molecular flexibility index (Phi) is 4.50. The Morgan fingerprint density at radius 3 is 2.75 bits per heavy atom. The highest BCUT2D eigenvalue weighted by molar-refractivity contribution is 4.99. The van der Waals surface area contributed by atoms with Crippen LogP contribution in [0.15, 0.2) is 6.20 Å². The molecule has 0 fully saturated rings. The van der Waals surface area contributed by atoms with Crippen LogP contribution in [0.1, 0.15) is 38.7 Å². The largest absolute Gasteiger partial charge is 0.389 e. The van der Waals surface area contributed by atoms with Gasteiger partial charge in [-0.2, -0.15) is 0 Å². The summed E-state index contributed by atoms with van der Waals surface area (Å²) >= 11 is 0. The van der Waals surface area contributed by atoms with Crippen molar-refractivity contribution in [2.75, 3.05) is 6.54 Å². The van der Waals surface area contributed by atoms with Crippen LogP contribution < -0.4 is 5.32 Å². The first-order valence-electron chi connectivity index (χ1n) is 5.82. The lowest BCUT2D eigenvalue weighted by Gasteiger charge is -2.25. The Morgan fingerprint density at radius 1 is 1.56 bits per heavy atom. The Morgan fingerprint density at radius 2 is 2.25 bits per heavy atom. The highest BCUT2D eigenvalue weighted by atomic mass is 16.3. The minimum Gasteiger partial charge on any atom is -0.389 e. The zero-order chi connectivity index (χ0) is 12.2. The minimum absolute atomic E-state index is 0.506. The second kappa shape index (κ2) is 5.46. The zero-order valence-corrected chi connectivity index (χ0v) is 10.7. The maximum atomic E-state index is 10.1. The molecule has 1 atom stereocenters. The zero-order valence-electron chi connectivity index (χ0n) is 10.7. The summed E-state index contributed by atoms with van der Waals surface area (Å²) in [7, 11) is 0. The van der Waals surface area contributed by atoms with E-state index in [2.05, 4.69) is 29.1 Å². The van der Waals surface area contributed by atoms with Gasteiger partial charge in [0, 0.05) is 25.0 Å². The van der Waals surface area contributed by atoms with Gasteiger partial charge in [-0.1, -0.05) is 13.8 Å². The summed E-state index contributed by atoms with van der Waals surface area (Å²) in [6, 6.07) is 0. The first kappa shape index (κ1) is 13.2. The third-order valence-electron chi connectivity index (χ3n) is 2.42. The fourth-order valence-electron chi connectivity index (χ4n) is 1.98. The molecule has 0 aliphatic carbocycles. The highest BCUT2D eigenvalue weighted by Gasteiger charge is 2.21. The molecule has 0 aliphatic rings. The van der Waals surface area contributed by atoms with Gasteiger partial charge < -0.3 is 15.4 Å². The normalized spacial score (nSPS) is 15.4. The van der Waals surface area contributed by atoms with Gasteiger partial charge in [-0.25, -0.2) is 4.98 Å². The van der Waals surface area contributed by atoms with E-state index < -0.39 is 5.60 Å². The van der Waals surface area contributed by atoms with Crippen LogP contribution in [-0.4, -0.2) is 27.2 Å². The molecule has 0 saturated carbocycles. The van der Waals surface area contributed by atoms with Crippen LogP contribution in [0.25, 0.3) is 0 Å². The number of H-pyrrole nitrogens is 1. The number of aromatic nitrogens is 2. The summed E-state index contributed by atoms with van der Waals surface area (Å²) in [6.07, 6.45) is 2.63. The molecule has 0 amide bonds. The number of imidazole rings is 1. The summed E-state index contributed by atoms with van der Waals surface area (Å²) in [5.41, 5.74) is 0.418. The highest BCUT2D eigenvalue weighted by Crippen LogP contribution is 2.15. The van der Waals surface area contributed by atoms with Crippen molar-refractivity contribution in [3.8, 4) is 0 Å².